The Hall–Kier alpha value is -3.85. The smallest absolute Gasteiger partial charge is 0.264 e. The van der Waals surface area contributed by atoms with E-state index in [0.29, 0.717) is 18.7 Å². The minimum absolute atomic E-state index is 0.0472. The Morgan fingerprint density at radius 2 is 1.63 bits per heavy atom. The lowest BCUT2D eigenvalue weighted by Gasteiger charge is -2.33. The van der Waals surface area contributed by atoms with Gasteiger partial charge in [-0.25, -0.2) is 8.42 Å². The fourth-order valence-electron chi connectivity index (χ4n) is 4.66. The van der Waals surface area contributed by atoms with Crippen molar-refractivity contribution in [3.63, 3.8) is 0 Å². The van der Waals surface area contributed by atoms with Crippen molar-refractivity contribution in [3.05, 3.63) is 89.5 Å². The fourth-order valence-corrected chi connectivity index (χ4v) is 6.10. The van der Waals surface area contributed by atoms with Crippen molar-refractivity contribution in [2.75, 3.05) is 24.5 Å². The lowest BCUT2D eigenvalue weighted by atomic mass is 10.1. The molecule has 1 N–H and O–H groups in total. The summed E-state index contributed by atoms with van der Waals surface area (Å²) in [5.41, 5.74) is 2.93. The number of benzene rings is 3. The number of hydrogen-bond acceptors (Lipinski definition) is 5. The molecule has 3 aromatic carbocycles. The molecule has 3 rings (SSSR count). The van der Waals surface area contributed by atoms with E-state index in [4.69, 9.17) is 4.74 Å². The molecule has 1 unspecified atom stereocenters. The largest absolute Gasteiger partial charge is 0.495 e. The zero-order valence-corrected chi connectivity index (χ0v) is 25.4. The number of anilines is 1. The number of hydrogen-bond donors (Lipinski definition) is 1. The van der Waals surface area contributed by atoms with Crippen LogP contribution in [0.3, 0.4) is 0 Å². The van der Waals surface area contributed by atoms with E-state index in [9.17, 15) is 18.0 Å². The number of ether oxygens (including phenoxy) is 1. The second-order valence-electron chi connectivity index (χ2n) is 10.1. The summed E-state index contributed by atoms with van der Waals surface area (Å²) in [5, 5.41) is 2.95. The molecule has 1 atom stereocenters. The molecule has 0 heterocycles. The predicted molar refractivity (Wildman–Crippen MR) is 162 cm³/mol. The molecule has 0 saturated heterocycles. The molecule has 41 heavy (non-hydrogen) atoms. The van der Waals surface area contributed by atoms with Gasteiger partial charge in [0.15, 0.2) is 0 Å². The Morgan fingerprint density at radius 1 is 0.927 bits per heavy atom. The highest BCUT2D eigenvalue weighted by Gasteiger charge is 2.34. The molecule has 0 fully saturated rings. The maximum atomic E-state index is 14.2. The molecule has 8 nitrogen and oxygen atoms in total. The average molecular weight is 580 g/mol. The van der Waals surface area contributed by atoms with Gasteiger partial charge in [0, 0.05) is 13.1 Å². The minimum atomic E-state index is -4.18. The van der Waals surface area contributed by atoms with Crippen LogP contribution in [-0.2, 0) is 26.2 Å². The average Bonchev–Trinajstić information content (AvgIpc) is 2.96. The molecule has 0 aliphatic carbocycles. The normalized spacial score (nSPS) is 11.9. The summed E-state index contributed by atoms with van der Waals surface area (Å²) in [6.45, 7) is 7.85. The third-order valence-electron chi connectivity index (χ3n) is 6.86. The minimum Gasteiger partial charge on any atom is -0.495 e. The lowest BCUT2D eigenvalue weighted by Crippen LogP contribution is -2.52. The molecular weight excluding hydrogens is 538 g/mol. The Kier molecular flexibility index (Phi) is 11.3. The highest BCUT2D eigenvalue weighted by molar-refractivity contribution is 7.92. The highest BCUT2D eigenvalue weighted by Crippen LogP contribution is 2.33. The molecule has 9 heteroatoms. The first-order valence-electron chi connectivity index (χ1n) is 14.0. The molecule has 0 bridgehead atoms. The monoisotopic (exact) mass is 579 g/mol. The third kappa shape index (κ3) is 8.10. The van der Waals surface area contributed by atoms with Gasteiger partial charge in [-0.15, -0.1) is 0 Å². The quantitative estimate of drug-likeness (QED) is 0.264. The Balaban J connectivity index is 2.09. The molecule has 0 aliphatic heterocycles. The number of methoxy groups -OCH3 is 1. The third-order valence-corrected chi connectivity index (χ3v) is 8.64. The van der Waals surface area contributed by atoms with Crippen LogP contribution in [0.5, 0.6) is 5.75 Å². The lowest BCUT2D eigenvalue weighted by molar-refractivity contribution is -0.140. The number of carbonyl (C=O) groups is 2. The number of aryl methyl sites for hydroxylation is 2. The SMILES string of the molecule is CCCCNC(=O)C(CC)N(Cc1cccc(C)c1)C(=O)CN(c1cc(C)ccc1OC)S(=O)(=O)c1ccccc1. The first-order chi connectivity index (χ1) is 19.6. The van der Waals surface area contributed by atoms with Gasteiger partial charge in [-0.3, -0.25) is 13.9 Å². The number of rotatable bonds is 14. The Bertz CT molecular complexity index is 1430. The van der Waals surface area contributed by atoms with Crippen molar-refractivity contribution in [2.24, 2.45) is 0 Å². The van der Waals surface area contributed by atoms with Crippen molar-refractivity contribution in [1.82, 2.24) is 10.2 Å². The number of nitrogens with one attached hydrogen (secondary N) is 1. The number of unbranched alkanes of at least 4 members (excludes halogenated alkanes) is 1. The summed E-state index contributed by atoms with van der Waals surface area (Å²) in [7, 11) is -2.72. The topological polar surface area (TPSA) is 96.0 Å². The van der Waals surface area contributed by atoms with Gasteiger partial charge < -0.3 is 15.0 Å². The van der Waals surface area contributed by atoms with Crippen LogP contribution in [0.25, 0.3) is 0 Å². The van der Waals surface area contributed by atoms with Crippen LogP contribution in [-0.4, -0.2) is 51.4 Å². The first kappa shape index (κ1) is 31.7. The summed E-state index contributed by atoms with van der Waals surface area (Å²) in [6.07, 6.45) is 2.12. The van der Waals surface area contributed by atoms with Crippen molar-refractivity contribution < 1.29 is 22.7 Å². The maximum Gasteiger partial charge on any atom is 0.264 e. The summed E-state index contributed by atoms with van der Waals surface area (Å²) >= 11 is 0. The zero-order chi connectivity index (χ0) is 30.0. The van der Waals surface area contributed by atoms with E-state index in [0.717, 1.165) is 33.8 Å². The number of nitrogens with zero attached hydrogens (tertiary/aromatic N) is 2. The fraction of sp³-hybridized carbons (Fsp3) is 0.375. The van der Waals surface area contributed by atoms with E-state index in [1.807, 2.05) is 58.0 Å². The van der Waals surface area contributed by atoms with Crippen LogP contribution >= 0.6 is 0 Å². The molecule has 0 saturated carbocycles. The molecule has 2 amide bonds. The van der Waals surface area contributed by atoms with Gasteiger partial charge in [-0.05, 0) is 62.1 Å². The molecule has 0 aliphatic rings. The van der Waals surface area contributed by atoms with E-state index >= 15 is 0 Å². The molecular formula is C32H41N3O5S. The summed E-state index contributed by atoms with van der Waals surface area (Å²) < 4.78 is 34.7. The number of carbonyl (C=O) groups excluding carboxylic acids is 2. The predicted octanol–water partition coefficient (Wildman–Crippen LogP) is 5.23. The van der Waals surface area contributed by atoms with E-state index in [1.165, 1.54) is 24.1 Å². The van der Waals surface area contributed by atoms with Crippen LogP contribution < -0.4 is 14.4 Å². The molecule has 220 valence electrons. The van der Waals surface area contributed by atoms with Crippen molar-refractivity contribution in [2.45, 2.75) is 64.4 Å². The Morgan fingerprint density at radius 3 is 2.27 bits per heavy atom. The van der Waals surface area contributed by atoms with Gasteiger partial charge in [0.1, 0.15) is 18.3 Å². The van der Waals surface area contributed by atoms with Crippen LogP contribution in [0.4, 0.5) is 5.69 Å². The maximum absolute atomic E-state index is 14.2. The van der Waals surface area contributed by atoms with E-state index in [-0.39, 0.29) is 23.0 Å². The highest BCUT2D eigenvalue weighted by atomic mass is 32.2. The number of amides is 2. The molecule has 0 spiro atoms. The van der Waals surface area contributed by atoms with E-state index in [2.05, 4.69) is 5.32 Å². The standard InChI is InChI=1S/C32H41N3O5S/c1-6-8-19-33-32(37)28(7-2)34(22-26-14-12-13-24(3)20-26)31(36)23-35(29-21-25(4)17-18-30(29)40-5)41(38,39)27-15-10-9-11-16-27/h9-18,20-21,28H,6-8,19,22-23H2,1-5H3,(H,33,37). The summed E-state index contributed by atoms with van der Waals surface area (Å²) in [6, 6.07) is 20.1. The van der Waals surface area contributed by atoms with Gasteiger partial charge in [-0.1, -0.05) is 74.4 Å². The van der Waals surface area contributed by atoms with E-state index in [1.54, 1.807) is 30.3 Å². The second kappa shape index (κ2) is 14.7. The van der Waals surface area contributed by atoms with Crippen molar-refractivity contribution >= 4 is 27.5 Å². The zero-order valence-electron chi connectivity index (χ0n) is 24.6. The molecule has 0 radical (unpaired) electrons. The van der Waals surface area contributed by atoms with Gasteiger partial charge in [0.25, 0.3) is 10.0 Å². The van der Waals surface area contributed by atoms with Crippen LogP contribution in [0, 0.1) is 13.8 Å². The molecule has 3 aromatic rings. The second-order valence-corrected chi connectivity index (χ2v) is 11.9. The van der Waals surface area contributed by atoms with Crippen molar-refractivity contribution in [3.8, 4) is 5.75 Å². The van der Waals surface area contributed by atoms with E-state index < -0.39 is 28.5 Å². The summed E-state index contributed by atoms with van der Waals surface area (Å²) in [4.78, 5) is 29.1. The van der Waals surface area contributed by atoms with Crippen molar-refractivity contribution in [1.29, 1.82) is 0 Å². The van der Waals surface area contributed by atoms with Gasteiger partial charge in [0.05, 0.1) is 17.7 Å². The van der Waals surface area contributed by atoms with Gasteiger partial charge in [0.2, 0.25) is 11.8 Å². The summed E-state index contributed by atoms with van der Waals surface area (Å²) in [5.74, 6) is -0.433. The first-order valence-corrected chi connectivity index (χ1v) is 15.4. The van der Waals surface area contributed by atoms with Crippen LogP contribution in [0.2, 0.25) is 0 Å². The number of sulfonamides is 1. The van der Waals surface area contributed by atoms with Crippen LogP contribution in [0.15, 0.2) is 77.7 Å². The molecule has 0 aromatic heterocycles. The van der Waals surface area contributed by atoms with Gasteiger partial charge in [-0.2, -0.15) is 0 Å². The Labute approximate surface area is 244 Å². The van der Waals surface area contributed by atoms with Gasteiger partial charge >= 0.3 is 0 Å². The van der Waals surface area contributed by atoms with Crippen LogP contribution in [0.1, 0.15) is 49.8 Å².